The van der Waals surface area contributed by atoms with Crippen molar-refractivity contribution >= 4 is 47.3 Å². The van der Waals surface area contributed by atoms with Gasteiger partial charge in [-0.2, -0.15) is 22.6 Å². The average Bonchev–Trinajstić information content (AvgIpc) is 3.63. The van der Waals surface area contributed by atoms with E-state index in [0.29, 0.717) is 35.3 Å². The molecule has 12 heteroatoms. The van der Waals surface area contributed by atoms with E-state index >= 15 is 0 Å². The topological polar surface area (TPSA) is 102 Å². The fraction of sp³-hybridized carbons (Fsp3) is 0.538. The number of aliphatic hydroxyl groups is 1. The van der Waals surface area contributed by atoms with Gasteiger partial charge in [0.1, 0.15) is 29.9 Å². The van der Waals surface area contributed by atoms with Crippen LogP contribution in [-0.4, -0.2) is 82.3 Å². The molecule has 212 valence electrons. The van der Waals surface area contributed by atoms with E-state index in [1.165, 1.54) is 0 Å². The van der Waals surface area contributed by atoms with Crippen LogP contribution in [0.2, 0.25) is 5.02 Å². The van der Waals surface area contributed by atoms with E-state index in [0.717, 1.165) is 10.5 Å². The van der Waals surface area contributed by atoms with Gasteiger partial charge in [-0.1, -0.05) is 51.4 Å². The fourth-order valence-electron chi connectivity index (χ4n) is 3.73. The highest BCUT2D eigenvalue weighted by Crippen LogP contribution is 2.31. The van der Waals surface area contributed by atoms with Gasteiger partial charge in [-0.3, -0.25) is 4.31 Å². The minimum absolute atomic E-state index is 0.240. The van der Waals surface area contributed by atoms with E-state index in [1.807, 2.05) is 70.4 Å². The van der Waals surface area contributed by atoms with E-state index in [-0.39, 0.29) is 30.9 Å². The van der Waals surface area contributed by atoms with Crippen molar-refractivity contribution in [3.63, 3.8) is 0 Å². The Morgan fingerprint density at radius 2 is 1.74 bits per heavy atom. The average molecular weight is 587 g/mol. The summed E-state index contributed by atoms with van der Waals surface area (Å²) in [6, 6.07) is 10.1. The van der Waals surface area contributed by atoms with Crippen LogP contribution in [0.5, 0.6) is 11.9 Å². The van der Waals surface area contributed by atoms with Crippen LogP contribution in [0.4, 0.5) is 0 Å². The van der Waals surface area contributed by atoms with Gasteiger partial charge in [0.15, 0.2) is 11.8 Å². The number of benzene rings is 1. The van der Waals surface area contributed by atoms with Crippen molar-refractivity contribution in [1.29, 1.82) is 0 Å². The second-order valence-corrected chi connectivity index (χ2v) is 9.64. The lowest BCUT2D eigenvalue weighted by atomic mass is 10.1. The Hall–Kier alpha value is -1.73. The van der Waals surface area contributed by atoms with E-state index in [1.54, 1.807) is 24.3 Å². The summed E-state index contributed by atoms with van der Waals surface area (Å²) in [6.45, 7) is 8.89. The Balaban J connectivity index is 0.000000791. The second kappa shape index (κ2) is 16.4. The van der Waals surface area contributed by atoms with Crippen molar-refractivity contribution in [2.75, 3.05) is 33.6 Å². The highest BCUT2D eigenvalue weighted by Gasteiger charge is 2.48. The van der Waals surface area contributed by atoms with Gasteiger partial charge < -0.3 is 29.0 Å². The molecule has 0 spiro atoms. The zero-order chi connectivity index (χ0) is 28.2. The first-order valence-corrected chi connectivity index (χ1v) is 14.7. The third kappa shape index (κ3) is 8.38. The Morgan fingerprint density at radius 3 is 2.39 bits per heavy atom. The number of aromatic nitrogens is 3. The summed E-state index contributed by atoms with van der Waals surface area (Å²) in [6.07, 6.45) is 0.00795. The predicted molar refractivity (Wildman–Crippen MR) is 157 cm³/mol. The van der Waals surface area contributed by atoms with Crippen molar-refractivity contribution in [3.8, 4) is 11.9 Å². The molecule has 0 amide bonds. The molecule has 5 rings (SSSR count). The molecule has 2 fully saturated rings. The maximum absolute atomic E-state index is 9.87. The molecule has 3 aromatic rings. The molecule has 0 radical (unpaired) electrons. The van der Waals surface area contributed by atoms with Crippen LogP contribution in [-0.2, 0) is 16.1 Å². The fourth-order valence-corrected chi connectivity index (χ4v) is 4.62. The van der Waals surface area contributed by atoms with Crippen molar-refractivity contribution < 1.29 is 24.1 Å². The molecule has 0 bridgehead atoms. The number of hydrogen-bond acceptors (Lipinski definition) is 10. The van der Waals surface area contributed by atoms with Gasteiger partial charge in [-0.25, -0.2) is 0 Å². The van der Waals surface area contributed by atoms with Gasteiger partial charge in [-0.15, -0.1) is 0 Å². The number of rotatable bonds is 7. The van der Waals surface area contributed by atoms with Crippen LogP contribution in [0, 0.1) is 0 Å². The summed E-state index contributed by atoms with van der Waals surface area (Å²) >= 11 is 11.5. The molecule has 4 atom stereocenters. The minimum atomic E-state index is -0.632. The molecule has 1 aromatic carbocycles. The standard InChI is InChI=1S/C21H23ClN4O5S.2C2H6.CH4S/c1-26(2)32-12-5-3-11(4-6-12)8-30-20-13(22)7-14-19(24-20)25-21(23-14)31-16-10-29-17-15(27)9-28-18(16)17;3*1-2/h3-7,15-18,27H,8-10H2,1-2H3,(H,23,24,25);2*1-2H3;2H,1H3/t15-,16-,17-,18-;;;/m1.../s1. The number of nitrogens with zero attached hydrogens (tertiary/aromatic N) is 3. The number of aliphatic hydroxyl groups excluding tert-OH is 1. The number of ether oxygens (including phenoxy) is 4. The number of pyridine rings is 1. The largest absolute Gasteiger partial charge is 0.472 e. The molecular formula is C26H39ClN4O5S2. The van der Waals surface area contributed by atoms with Gasteiger partial charge >= 0.3 is 0 Å². The molecule has 9 nitrogen and oxygen atoms in total. The van der Waals surface area contributed by atoms with Gasteiger partial charge in [-0.05, 0) is 56.1 Å². The summed E-state index contributed by atoms with van der Waals surface area (Å²) in [5.41, 5.74) is 2.07. The zero-order valence-electron chi connectivity index (χ0n) is 23.0. The second-order valence-electron chi connectivity index (χ2n) is 7.84. The molecule has 0 saturated carbocycles. The summed E-state index contributed by atoms with van der Waals surface area (Å²) in [4.78, 5) is 13.0. The lowest BCUT2D eigenvalue weighted by Crippen LogP contribution is -2.34. The van der Waals surface area contributed by atoms with E-state index in [9.17, 15) is 5.11 Å². The van der Waals surface area contributed by atoms with Crippen LogP contribution in [0.15, 0.2) is 35.2 Å². The van der Waals surface area contributed by atoms with Gasteiger partial charge in [0.05, 0.1) is 18.7 Å². The predicted octanol–water partition coefficient (Wildman–Crippen LogP) is 5.26. The van der Waals surface area contributed by atoms with Crippen molar-refractivity contribution in [2.24, 2.45) is 0 Å². The SMILES string of the molecule is CC.CC.CN(C)Sc1ccc(COc2nc3nc(O[C@@H]4CO[C@H]5[C@@H]4OC[C@H]5O)[nH]c3cc2Cl)cc1.CS. The van der Waals surface area contributed by atoms with Crippen LogP contribution in [0.3, 0.4) is 0 Å². The number of thiol groups is 1. The number of hydrogen-bond donors (Lipinski definition) is 3. The Morgan fingerprint density at radius 1 is 1.08 bits per heavy atom. The first-order valence-electron chi connectivity index (χ1n) is 12.6. The first kappa shape index (κ1) is 32.5. The van der Waals surface area contributed by atoms with Crippen molar-refractivity contribution in [1.82, 2.24) is 19.3 Å². The number of aromatic amines is 1. The number of fused-ring (bicyclic) bond motifs is 2. The molecule has 2 aliphatic rings. The summed E-state index contributed by atoms with van der Waals surface area (Å²) in [5.74, 6) is 0.301. The molecule has 2 N–H and O–H groups in total. The maximum Gasteiger partial charge on any atom is 0.296 e. The molecule has 0 aliphatic carbocycles. The van der Waals surface area contributed by atoms with Gasteiger partial charge in [0, 0.05) is 4.90 Å². The van der Waals surface area contributed by atoms with Crippen LogP contribution < -0.4 is 9.47 Å². The lowest BCUT2D eigenvalue weighted by Gasteiger charge is -2.15. The molecular weight excluding hydrogens is 548 g/mol. The Labute approximate surface area is 240 Å². The normalized spacial score (nSPS) is 21.4. The molecule has 2 aromatic heterocycles. The summed E-state index contributed by atoms with van der Waals surface area (Å²) < 4.78 is 25.0. The van der Waals surface area contributed by atoms with E-state index < -0.39 is 6.10 Å². The lowest BCUT2D eigenvalue weighted by molar-refractivity contribution is 0.00706. The molecule has 2 saturated heterocycles. The van der Waals surface area contributed by atoms with Gasteiger partial charge in [0.2, 0.25) is 5.88 Å². The van der Waals surface area contributed by atoms with Crippen LogP contribution in [0.1, 0.15) is 33.3 Å². The Bertz CT molecular complexity index is 1100. The third-order valence-electron chi connectivity index (χ3n) is 5.20. The summed E-state index contributed by atoms with van der Waals surface area (Å²) in [5, 5.41) is 10.2. The monoisotopic (exact) mass is 586 g/mol. The Kier molecular flexibility index (Phi) is 14.0. The minimum Gasteiger partial charge on any atom is -0.472 e. The third-order valence-corrected chi connectivity index (χ3v) is 6.32. The van der Waals surface area contributed by atoms with E-state index in [4.69, 9.17) is 30.5 Å². The van der Waals surface area contributed by atoms with Crippen molar-refractivity contribution in [3.05, 3.63) is 40.9 Å². The number of nitrogens with one attached hydrogen (secondary N) is 1. The van der Waals surface area contributed by atoms with Crippen LogP contribution in [0.25, 0.3) is 11.2 Å². The molecule has 2 aliphatic heterocycles. The smallest absolute Gasteiger partial charge is 0.296 e. The molecule has 0 unspecified atom stereocenters. The van der Waals surface area contributed by atoms with E-state index in [2.05, 4.69) is 27.6 Å². The summed E-state index contributed by atoms with van der Waals surface area (Å²) in [7, 11) is 4.00. The first-order chi connectivity index (χ1) is 18.5. The highest BCUT2D eigenvalue weighted by molar-refractivity contribution is 7.97. The molecule has 38 heavy (non-hydrogen) atoms. The molecule has 4 heterocycles. The van der Waals surface area contributed by atoms with Gasteiger partial charge in [0.25, 0.3) is 6.01 Å². The number of H-pyrrole nitrogens is 1. The quantitative estimate of drug-likeness (QED) is 0.253. The zero-order valence-corrected chi connectivity index (χ0v) is 25.4. The van der Waals surface area contributed by atoms with Crippen molar-refractivity contribution in [2.45, 2.75) is 63.6 Å². The maximum atomic E-state index is 9.87. The number of halogens is 1. The highest BCUT2D eigenvalue weighted by atomic mass is 35.5. The van der Waals surface area contributed by atoms with Crippen LogP contribution >= 0.6 is 36.2 Å². The number of imidazole rings is 1.